The number of nitrogens with one attached hydrogen (secondary N) is 1. The number of rotatable bonds is 5. The molecule has 1 atom stereocenters. The normalized spacial score (nSPS) is 13.3. The highest BCUT2D eigenvalue weighted by molar-refractivity contribution is 7.90. The van der Waals surface area contributed by atoms with E-state index in [2.05, 4.69) is 10.3 Å². The van der Waals surface area contributed by atoms with E-state index in [-0.39, 0.29) is 17.6 Å². The van der Waals surface area contributed by atoms with Gasteiger partial charge in [-0.1, -0.05) is 32.0 Å². The Labute approximate surface area is 137 Å². The van der Waals surface area contributed by atoms with Crippen LogP contribution in [0.25, 0.3) is 10.9 Å². The number of benzene rings is 1. The molecule has 0 bridgehead atoms. The third kappa shape index (κ3) is 4.51. The highest BCUT2D eigenvalue weighted by Crippen LogP contribution is 2.22. The summed E-state index contributed by atoms with van der Waals surface area (Å²) in [6, 6.07) is 8.80. The molecule has 0 saturated carbocycles. The van der Waals surface area contributed by atoms with E-state index >= 15 is 0 Å². The number of hydrogen-bond acceptors (Lipinski definition) is 4. The molecule has 1 aromatic carbocycles. The second-order valence-corrected chi connectivity index (χ2v) is 8.42. The maximum Gasteiger partial charge on any atom is 0.252 e. The molecule has 0 spiro atoms. The summed E-state index contributed by atoms with van der Waals surface area (Å²) in [5.41, 5.74) is 2.13. The van der Waals surface area contributed by atoms with Gasteiger partial charge in [0.05, 0.1) is 16.8 Å². The average molecular weight is 334 g/mol. The van der Waals surface area contributed by atoms with E-state index in [4.69, 9.17) is 0 Å². The van der Waals surface area contributed by atoms with Crippen LogP contribution in [0, 0.1) is 0 Å². The number of carbonyl (C=O) groups is 1. The van der Waals surface area contributed by atoms with Crippen molar-refractivity contribution in [3.8, 4) is 0 Å². The fourth-order valence-corrected chi connectivity index (χ4v) is 3.47. The standard InChI is InChI=1S/C17H22N2O3S/c1-11(2)16-9-14(13-7-5-6-8-15(13)19-16)17(20)18-12(3)10-23(4,21)22/h5-9,11-12H,10H2,1-4H3,(H,18,20)/t12-/m0/s1. The van der Waals surface area contributed by atoms with Crippen molar-refractivity contribution in [2.45, 2.75) is 32.7 Å². The number of hydrogen-bond donors (Lipinski definition) is 1. The highest BCUT2D eigenvalue weighted by atomic mass is 32.2. The predicted molar refractivity (Wildman–Crippen MR) is 92.5 cm³/mol. The lowest BCUT2D eigenvalue weighted by molar-refractivity contribution is 0.0945. The molecule has 1 heterocycles. The Balaban J connectivity index is 2.39. The van der Waals surface area contributed by atoms with E-state index in [9.17, 15) is 13.2 Å². The van der Waals surface area contributed by atoms with Crippen LogP contribution in [0.15, 0.2) is 30.3 Å². The number of pyridine rings is 1. The third-order valence-corrected chi connectivity index (χ3v) is 4.61. The van der Waals surface area contributed by atoms with Crippen LogP contribution in [0.5, 0.6) is 0 Å². The lowest BCUT2D eigenvalue weighted by Crippen LogP contribution is -2.37. The number of nitrogens with zero attached hydrogens (tertiary/aromatic N) is 1. The van der Waals surface area contributed by atoms with Gasteiger partial charge < -0.3 is 5.32 Å². The second-order valence-electron chi connectivity index (χ2n) is 6.23. The van der Waals surface area contributed by atoms with E-state index < -0.39 is 15.9 Å². The monoisotopic (exact) mass is 334 g/mol. The summed E-state index contributed by atoms with van der Waals surface area (Å²) in [6.45, 7) is 5.72. The molecule has 0 saturated heterocycles. The van der Waals surface area contributed by atoms with Gasteiger partial charge in [-0.2, -0.15) is 0 Å². The first-order chi connectivity index (χ1) is 10.7. The lowest BCUT2D eigenvalue weighted by Gasteiger charge is -2.15. The Hall–Kier alpha value is -1.95. The molecular weight excluding hydrogens is 312 g/mol. The van der Waals surface area contributed by atoms with Gasteiger partial charge in [0.15, 0.2) is 0 Å². The number of carbonyl (C=O) groups excluding carboxylic acids is 1. The van der Waals surface area contributed by atoms with Crippen LogP contribution in [0.2, 0.25) is 0 Å². The zero-order chi connectivity index (χ0) is 17.2. The van der Waals surface area contributed by atoms with Crippen LogP contribution in [-0.2, 0) is 9.84 Å². The van der Waals surface area contributed by atoms with Gasteiger partial charge in [0.1, 0.15) is 9.84 Å². The van der Waals surface area contributed by atoms with Crippen molar-refractivity contribution in [3.63, 3.8) is 0 Å². The topological polar surface area (TPSA) is 76.1 Å². The fraction of sp³-hybridized carbons (Fsp3) is 0.412. The van der Waals surface area contributed by atoms with Crippen molar-refractivity contribution in [1.29, 1.82) is 0 Å². The molecule has 1 amide bonds. The summed E-state index contributed by atoms with van der Waals surface area (Å²) in [6.07, 6.45) is 1.16. The summed E-state index contributed by atoms with van der Waals surface area (Å²) in [5, 5.41) is 3.53. The van der Waals surface area contributed by atoms with Crippen molar-refractivity contribution in [2.75, 3.05) is 12.0 Å². The summed E-state index contributed by atoms with van der Waals surface area (Å²) in [5.74, 6) is -0.167. The van der Waals surface area contributed by atoms with Gasteiger partial charge >= 0.3 is 0 Å². The Morgan fingerprint density at radius 1 is 1.22 bits per heavy atom. The highest BCUT2D eigenvalue weighted by Gasteiger charge is 2.18. The minimum absolute atomic E-state index is 0.0845. The number of sulfone groups is 1. The first kappa shape index (κ1) is 17.4. The fourth-order valence-electron chi connectivity index (χ4n) is 2.48. The zero-order valence-corrected chi connectivity index (χ0v) is 14.6. The first-order valence-electron chi connectivity index (χ1n) is 7.55. The molecule has 124 valence electrons. The molecule has 0 aliphatic carbocycles. The molecule has 2 aromatic rings. The zero-order valence-electron chi connectivity index (χ0n) is 13.8. The van der Waals surface area contributed by atoms with Crippen LogP contribution in [-0.4, -0.2) is 37.4 Å². The Morgan fingerprint density at radius 2 is 1.87 bits per heavy atom. The summed E-state index contributed by atoms with van der Waals surface area (Å²) in [7, 11) is -3.14. The maximum atomic E-state index is 12.6. The maximum absolute atomic E-state index is 12.6. The molecule has 0 radical (unpaired) electrons. The van der Waals surface area contributed by atoms with Crippen molar-refractivity contribution in [1.82, 2.24) is 10.3 Å². The van der Waals surface area contributed by atoms with E-state index in [0.717, 1.165) is 22.9 Å². The van der Waals surface area contributed by atoms with Gasteiger partial charge in [-0.25, -0.2) is 8.42 Å². The Kier molecular flexibility index (Phi) is 5.04. The molecular formula is C17H22N2O3S. The number of aromatic nitrogens is 1. The molecule has 0 aliphatic rings. The largest absolute Gasteiger partial charge is 0.349 e. The Morgan fingerprint density at radius 3 is 2.48 bits per heavy atom. The van der Waals surface area contributed by atoms with Crippen LogP contribution in [0.1, 0.15) is 42.7 Å². The van der Waals surface area contributed by atoms with Gasteiger partial charge in [0.2, 0.25) is 0 Å². The van der Waals surface area contributed by atoms with Gasteiger partial charge in [0, 0.05) is 23.4 Å². The quantitative estimate of drug-likeness (QED) is 0.911. The molecule has 0 fully saturated rings. The third-order valence-electron chi connectivity index (χ3n) is 3.50. The molecule has 23 heavy (non-hydrogen) atoms. The molecule has 2 rings (SSSR count). The molecule has 0 aliphatic heterocycles. The van der Waals surface area contributed by atoms with Gasteiger partial charge in [-0.15, -0.1) is 0 Å². The second kappa shape index (κ2) is 6.66. The summed E-state index contributed by atoms with van der Waals surface area (Å²) in [4.78, 5) is 17.2. The first-order valence-corrected chi connectivity index (χ1v) is 9.61. The number of amides is 1. The van der Waals surface area contributed by atoms with E-state index in [1.54, 1.807) is 13.0 Å². The molecule has 5 nitrogen and oxygen atoms in total. The molecule has 0 unspecified atom stereocenters. The average Bonchev–Trinajstić information content (AvgIpc) is 2.43. The minimum Gasteiger partial charge on any atom is -0.349 e. The smallest absolute Gasteiger partial charge is 0.252 e. The van der Waals surface area contributed by atoms with Crippen LogP contribution >= 0.6 is 0 Å². The van der Waals surface area contributed by atoms with Crippen molar-refractivity contribution >= 4 is 26.6 Å². The van der Waals surface area contributed by atoms with Crippen LogP contribution in [0.3, 0.4) is 0 Å². The van der Waals surface area contributed by atoms with Crippen LogP contribution in [0.4, 0.5) is 0 Å². The number of fused-ring (bicyclic) bond motifs is 1. The van der Waals surface area contributed by atoms with Crippen molar-refractivity contribution in [2.24, 2.45) is 0 Å². The summed E-state index contributed by atoms with van der Waals surface area (Å²) < 4.78 is 22.7. The van der Waals surface area contributed by atoms with Crippen molar-refractivity contribution in [3.05, 3.63) is 41.6 Å². The molecule has 1 aromatic heterocycles. The lowest BCUT2D eigenvalue weighted by atomic mass is 10.0. The van der Waals surface area contributed by atoms with E-state index in [0.29, 0.717) is 5.56 Å². The van der Waals surface area contributed by atoms with Gasteiger partial charge in [-0.3, -0.25) is 9.78 Å². The predicted octanol–water partition coefficient (Wildman–Crippen LogP) is 2.52. The van der Waals surface area contributed by atoms with E-state index in [1.807, 2.05) is 38.1 Å². The minimum atomic E-state index is -3.14. The summed E-state index contributed by atoms with van der Waals surface area (Å²) >= 11 is 0. The van der Waals surface area contributed by atoms with Crippen molar-refractivity contribution < 1.29 is 13.2 Å². The number of para-hydroxylation sites is 1. The molecule has 6 heteroatoms. The Bertz CT molecular complexity index is 829. The van der Waals surface area contributed by atoms with Crippen LogP contribution < -0.4 is 5.32 Å². The SMILES string of the molecule is CC(C)c1cc(C(=O)N[C@@H](C)CS(C)(=O)=O)c2ccccc2n1. The van der Waals surface area contributed by atoms with E-state index in [1.165, 1.54) is 0 Å². The van der Waals surface area contributed by atoms with Gasteiger partial charge in [0.25, 0.3) is 5.91 Å². The molecule has 1 N–H and O–H groups in total. The van der Waals surface area contributed by atoms with Gasteiger partial charge in [-0.05, 0) is 25.0 Å².